The largest absolute Gasteiger partial charge is 0.508 e. The summed E-state index contributed by atoms with van der Waals surface area (Å²) in [5, 5.41) is 10.1. The molecule has 3 aliphatic rings. The first-order chi connectivity index (χ1) is 16.1. The van der Waals surface area contributed by atoms with Crippen molar-refractivity contribution in [2.45, 2.75) is 38.1 Å². The van der Waals surface area contributed by atoms with E-state index in [0.717, 1.165) is 40.9 Å². The van der Waals surface area contributed by atoms with E-state index in [1.807, 2.05) is 18.2 Å². The zero-order valence-electron chi connectivity index (χ0n) is 19.2. The monoisotopic (exact) mass is 440 g/mol. The van der Waals surface area contributed by atoms with Gasteiger partial charge in [0, 0.05) is 49.1 Å². The zero-order valence-corrected chi connectivity index (χ0v) is 19.2. The fraction of sp³-hybridized carbons (Fsp3) is 0.345. The number of hydrogen-bond donors (Lipinski definition) is 1. The fourth-order valence-electron chi connectivity index (χ4n) is 4.94. The number of rotatable bonds is 6. The smallest absolute Gasteiger partial charge is 0.187 e. The Morgan fingerprint density at radius 1 is 0.939 bits per heavy atom. The first-order valence-corrected chi connectivity index (χ1v) is 12.1. The summed E-state index contributed by atoms with van der Waals surface area (Å²) in [6.45, 7) is 7.44. The third kappa shape index (κ3) is 4.96. The van der Waals surface area contributed by atoms with Crippen LogP contribution < -0.4 is 4.90 Å². The van der Waals surface area contributed by atoms with Gasteiger partial charge in [-0.3, -0.25) is 9.69 Å². The van der Waals surface area contributed by atoms with Gasteiger partial charge in [0.15, 0.2) is 5.78 Å². The molecule has 1 saturated carbocycles. The second kappa shape index (κ2) is 9.40. The Morgan fingerprint density at radius 2 is 1.58 bits per heavy atom. The standard InChI is InChI=1S/C29H32N2O2/c1-2-5-23-17-22(8-13-28(23)32)18-25-20-31(27-11-12-27)19-24(29(25)33)16-21-6-9-26(10-7-21)30-14-3-4-15-30/h2,6-10,13,16-18,27,32H,1,3-5,11-12,14-15,19-20H2/b24-16+,25-18+. The minimum atomic E-state index is 0.133. The van der Waals surface area contributed by atoms with E-state index in [-0.39, 0.29) is 11.5 Å². The summed E-state index contributed by atoms with van der Waals surface area (Å²) in [5.74, 6) is 0.401. The van der Waals surface area contributed by atoms with Crippen molar-refractivity contribution in [1.82, 2.24) is 4.90 Å². The molecular weight excluding hydrogens is 408 g/mol. The van der Waals surface area contributed by atoms with Gasteiger partial charge in [0.05, 0.1) is 0 Å². The Hall–Kier alpha value is -3.11. The summed E-state index contributed by atoms with van der Waals surface area (Å²) in [7, 11) is 0. The highest BCUT2D eigenvalue weighted by molar-refractivity contribution is 6.14. The molecule has 170 valence electrons. The van der Waals surface area contributed by atoms with Crippen LogP contribution in [0.15, 0.2) is 66.3 Å². The summed E-state index contributed by atoms with van der Waals surface area (Å²) in [6, 6.07) is 14.7. The number of piperidine rings is 1. The van der Waals surface area contributed by atoms with Crippen molar-refractivity contribution < 1.29 is 9.90 Å². The molecule has 4 nitrogen and oxygen atoms in total. The number of aromatic hydroxyl groups is 1. The van der Waals surface area contributed by atoms with Crippen LogP contribution in [0.1, 0.15) is 42.4 Å². The topological polar surface area (TPSA) is 43.8 Å². The molecule has 0 aromatic heterocycles. The van der Waals surface area contributed by atoms with E-state index < -0.39 is 0 Å². The third-order valence-corrected chi connectivity index (χ3v) is 6.91. The minimum absolute atomic E-state index is 0.133. The predicted octanol–water partition coefficient (Wildman–Crippen LogP) is 5.24. The van der Waals surface area contributed by atoms with Crippen LogP contribution in [0.4, 0.5) is 5.69 Å². The van der Waals surface area contributed by atoms with Crippen LogP contribution in [0.5, 0.6) is 5.75 Å². The summed E-state index contributed by atoms with van der Waals surface area (Å²) < 4.78 is 0. The molecule has 3 fully saturated rings. The Morgan fingerprint density at radius 3 is 2.21 bits per heavy atom. The number of likely N-dealkylation sites (tertiary alicyclic amines) is 1. The Bertz CT molecular complexity index is 1100. The van der Waals surface area contributed by atoms with Crippen molar-refractivity contribution in [2.24, 2.45) is 0 Å². The van der Waals surface area contributed by atoms with Crippen molar-refractivity contribution in [3.05, 3.63) is 83.0 Å². The maximum absolute atomic E-state index is 13.4. The lowest BCUT2D eigenvalue weighted by atomic mass is 9.93. The van der Waals surface area contributed by atoms with E-state index >= 15 is 0 Å². The number of ketones is 1. The first-order valence-electron chi connectivity index (χ1n) is 12.1. The molecule has 2 saturated heterocycles. The molecule has 5 rings (SSSR count). The number of phenolic OH excluding ortho intramolecular Hbond substituents is 1. The molecular formula is C29H32N2O2. The summed E-state index contributed by atoms with van der Waals surface area (Å²) in [6.07, 6.45) is 11.4. The highest BCUT2D eigenvalue weighted by Gasteiger charge is 2.35. The number of allylic oxidation sites excluding steroid dienone is 1. The van der Waals surface area contributed by atoms with E-state index in [0.29, 0.717) is 25.6 Å². The molecule has 1 aliphatic carbocycles. The lowest BCUT2D eigenvalue weighted by Crippen LogP contribution is -2.39. The summed E-state index contributed by atoms with van der Waals surface area (Å²) in [4.78, 5) is 18.3. The lowest BCUT2D eigenvalue weighted by Gasteiger charge is -2.30. The van der Waals surface area contributed by atoms with E-state index in [9.17, 15) is 9.90 Å². The second-order valence-electron chi connectivity index (χ2n) is 9.47. The van der Waals surface area contributed by atoms with Gasteiger partial charge >= 0.3 is 0 Å². The van der Waals surface area contributed by atoms with Crippen molar-refractivity contribution in [2.75, 3.05) is 31.1 Å². The zero-order chi connectivity index (χ0) is 22.8. The second-order valence-corrected chi connectivity index (χ2v) is 9.47. The molecule has 0 atom stereocenters. The highest BCUT2D eigenvalue weighted by atomic mass is 16.3. The number of carbonyl (C=O) groups is 1. The molecule has 0 spiro atoms. The molecule has 0 bridgehead atoms. The Balaban J connectivity index is 1.42. The molecule has 0 radical (unpaired) electrons. The number of anilines is 1. The predicted molar refractivity (Wildman–Crippen MR) is 135 cm³/mol. The van der Waals surface area contributed by atoms with Crippen LogP contribution in [0.2, 0.25) is 0 Å². The average molecular weight is 441 g/mol. The fourth-order valence-corrected chi connectivity index (χ4v) is 4.94. The first kappa shape index (κ1) is 21.7. The molecule has 2 aromatic rings. The number of carbonyl (C=O) groups excluding carboxylic acids is 1. The Labute approximate surface area is 196 Å². The lowest BCUT2D eigenvalue weighted by molar-refractivity contribution is -0.113. The van der Waals surface area contributed by atoms with Crippen molar-refractivity contribution in [3.8, 4) is 5.75 Å². The van der Waals surface area contributed by atoms with Crippen molar-refractivity contribution in [3.63, 3.8) is 0 Å². The van der Waals surface area contributed by atoms with Crippen molar-refractivity contribution >= 4 is 23.6 Å². The number of hydrogen-bond acceptors (Lipinski definition) is 4. The van der Waals surface area contributed by atoms with Crippen molar-refractivity contribution in [1.29, 1.82) is 0 Å². The minimum Gasteiger partial charge on any atom is -0.508 e. The summed E-state index contributed by atoms with van der Waals surface area (Å²) >= 11 is 0. The number of phenols is 1. The Kier molecular flexibility index (Phi) is 6.19. The summed E-state index contributed by atoms with van der Waals surface area (Å²) in [5.41, 5.74) is 5.81. The van der Waals surface area contributed by atoms with Gasteiger partial charge in [-0.05, 0) is 85.2 Å². The number of benzene rings is 2. The van der Waals surface area contributed by atoms with E-state index in [1.54, 1.807) is 12.1 Å². The maximum Gasteiger partial charge on any atom is 0.187 e. The molecule has 4 heteroatoms. The molecule has 2 aromatic carbocycles. The van der Waals surface area contributed by atoms with E-state index in [1.165, 1.54) is 31.4 Å². The van der Waals surface area contributed by atoms with E-state index in [2.05, 4.69) is 46.7 Å². The molecule has 33 heavy (non-hydrogen) atoms. The van der Waals surface area contributed by atoms with Gasteiger partial charge in [-0.1, -0.05) is 24.3 Å². The van der Waals surface area contributed by atoms with Crippen LogP contribution in [-0.4, -0.2) is 48.0 Å². The SMILES string of the molecule is C=CCc1cc(/C=C2\CN(C3CC3)C/C(=C\c3ccc(N4CCCC4)cc3)C2=O)ccc1O. The van der Waals surface area contributed by atoms with Gasteiger partial charge in [-0.15, -0.1) is 6.58 Å². The molecule has 2 aliphatic heterocycles. The van der Waals surface area contributed by atoms with Crippen LogP contribution in [0.3, 0.4) is 0 Å². The molecule has 1 N–H and O–H groups in total. The van der Waals surface area contributed by atoms with Crippen LogP contribution in [0.25, 0.3) is 12.2 Å². The normalized spacial score (nSPS) is 21.8. The number of nitrogens with zero attached hydrogens (tertiary/aromatic N) is 2. The molecule has 2 heterocycles. The third-order valence-electron chi connectivity index (χ3n) is 6.91. The van der Waals surface area contributed by atoms with Crippen LogP contribution in [-0.2, 0) is 11.2 Å². The van der Waals surface area contributed by atoms with Gasteiger partial charge in [-0.25, -0.2) is 0 Å². The molecule has 0 amide bonds. The van der Waals surface area contributed by atoms with Gasteiger partial charge in [0.2, 0.25) is 0 Å². The van der Waals surface area contributed by atoms with Crippen LogP contribution >= 0.6 is 0 Å². The van der Waals surface area contributed by atoms with Gasteiger partial charge in [0.25, 0.3) is 0 Å². The highest BCUT2D eigenvalue weighted by Crippen LogP contribution is 2.33. The maximum atomic E-state index is 13.4. The van der Waals surface area contributed by atoms with Gasteiger partial charge in [0.1, 0.15) is 5.75 Å². The number of Topliss-reactive ketones (excluding diaryl/α,β-unsaturated/α-hetero) is 1. The van der Waals surface area contributed by atoms with Gasteiger partial charge in [-0.2, -0.15) is 0 Å². The molecule has 0 unspecified atom stereocenters. The van der Waals surface area contributed by atoms with E-state index in [4.69, 9.17) is 0 Å². The van der Waals surface area contributed by atoms with Gasteiger partial charge < -0.3 is 10.0 Å². The van der Waals surface area contributed by atoms with Crippen LogP contribution in [0, 0.1) is 0 Å². The quantitative estimate of drug-likeness (QED) is 0.493. The average Bonchev–Trinajstić information content (AvgIpc) is 3.53.